The second-order valence-electron chi connectivity index (χ2n) is 11.7. The first-order chi connectivity index (χ1) is 18.1. The number of oxime groups is 1. The molecule has 2 aromatic rings. The first-order valence-electron chi connectivity index (χ1n) is 12.6. The molecular formula is C31H32N2O5S. The van der Waals surface area contributed by atoms with Crippen LogP contribution in [0.15, 0.2) is 98.1 Å². The summed E-state index contributed by atoms with van der Waals surface area (Å²) in [5, 5.41) is 4.21. The number of sulfonamides is 1. The lowest BCUT2D eigenvalue weighted by atomic mass is 9.72. The minimum absolute atomic E-state index is 0.0395. The van der Waals surface area contributed by atoms with Gasteiger partial charge in [0.05, 0.1) is 10.6 Å². The second kappa shape index (κ2) is 10.0. The van der Waals surface area contributed by atoms with E-state index in [4.69, 9.17) is 4.84 Å². The van der Waals surface area contributed by atoms with Crippen molar-refractivity contribution in [1.29, 1.82) is 0 Å². The van der Waals surface area contributed by atoms with Gasteiger partial charge in [0.1, 0.15) is 5.71 Å². The van der Waals surface area contributed by atoms with Gasteiger partial charge in [-0.3, -0.25) is 9.59 Å². The third-order valence-electron chi connectivity index (χ3n) is 6.42. The average Bonchev–Trinajstić information content (AvgIpc) is 2.84. The maximum Gasteiger partial charge on any atom is 0.282 e. The van der Waals surface area contributed by atoms with Crippen LogP contribution in [-0.2, 0) is 19.7 Å². The summed E-state index contributed by atoms with van der Waals surface area (Å²) < 4.78 is 30.2. The van der Waals surface area contributed by atoms with Crippen molar-refractivity contribution < 1.29 is 22.8 Å². The number of nitrogens with zero attached hydrogens (tertiary/aromatic N) is 2. The standard InChI is InChI=1S/C31H32N2O5S/c1-19-12-14-21(15-13-19)39(36,37)33-26-18-27(28(34)23-11-9-8-10-22(23)26)38-32-20-16-24(30(2,3)4)29(35)25(17-20)31(5,6)7/h8-18H,1-7H3. The molecule has 0 unspecified atom stereocenters. The number of aryl methyl sites for hydroxylation is 1. The Hall–Kier alpha value is -3.91. The highest BCUT2D eigenvalue weighted by molar-refractivity contribution is 7.90. The summed E-state index contributed by atoms with van der Waals surface area (Å²) in [4.78, 5) is 32.1. The van der Waals surface area contributed by atoms with Gasteiger partial charge in [-0.2, -0.15) is 12.8 Å². The van der Waals surface area contributed by atoms with Gasteiger partial charge in [0.25, 0.3) is 10.0 Å². The summed E-state index contributed by atoms with van der Waals surface area (Å²) >= 11 is 0. The zero-order chi connectivity index (χ0) is 28.8. The maximum absolute atomic E-state index is 13.3. The van der Waals surface area contributed by atoms with E-state index in [1.54, 1.807) is 48.6 Å². The lowest BCUT2D eigenvalue weighted by Crippen LogP contribution is -2.29. The number of allylic oxidation sites excluding steroid dienone is 6. The molecule has 0 radical (unpaired) electrons. The molecule has 7 nitrogen and oxygen atoms in total. The van der Waals surface area contributed by atoms with Gasteiger partial charge in [-0.1, -0.05) is 88.7 Å². The SMILES string of the molecule is Cc1ccc(S(=O)(=O)N=C2C=C(ON=C3C=C(C(C)(C)C)C(=O)C(C(C)(C)C)=C3)C(=O)c3ccccc32)cc1. The van der Waals surface area contributed by atoms with Crippen LogP contribution in [0.2, 0.25) is 0 Å². The lowest BCUT2D eigenvalue weighted by molar-refractivity contribution is -0.114. The van der Waals surface area contributed by atoms with Crippen LogP contribution in [0.5, 0.6) is 0 Å². The molecule has 0 heterocycles. The molecular weight excluding hydrogens is 512 g/mol. The van der Waals surface area contributed by atoms with Crippen LogP contribution in [0, 0.1) is 17.8 Å². The van der Waals surface area contributed by atoms with Gasteiger partial charge in [-0.05, 0) is 42.0 Å². The topological polar surface area (TPSA) is 102 Å². The second-order valence-corrected chi connectivity index (χ2v) is 13.3. The number of ketones is 2. The number of carbonyl (C=O) groups excluding carboxylic acids is 2. The highest BCUT2D eigenvalue weighted by atomic mass is 32.2. The summed E-state index contributed by atoms with van der Waals surface area (Å²) in [6.45, 7) is 13.5. The van der Waals surface area contributed by atoms with Crippen molar-refractivity contribution in [2.45, 2.75) is 53.4 Å². The van der Waals surface area contributed by atoms with Crippen molar-refractivity contribution >= 4 is 33.0 Å². The molecule has 4 rings (SSSR count). The Bertz CT molecular complexity index is 1590. The third kappa shape index (κ3) is 5.91. The number of fused-ring (bicyclic) bond motifs is 1. The number of benzene rings is 2. The number of carbonyl (C=O) groups is 2. The van der Waals surface area contributed by atoms with Crippen molar-refractivity contribution in [3.8, 4) is 0 Å². The molecule has 2 aromatic carbocycles. The van der Waals surface area contributed by atoms with Crippen LogP contribution in [-0.4, -0.2) is 31.4 Å². The van der Waals surface area contributed by atoms with Gasteiger partial charge < -0.3 is 4.84 Å². The van der Waals surface area contributed by atoms with Gasteiger partial charge in [0.15, 0.2) is 5.78 Å². The molecule has 0 saturated heterocycles. The van der Waals surface area contributed by atoms with E-state index in [2.05, 4.69) is 9.55 Å². The van der Waals surface area contributed by atoms with Gasteiger partial charge in [0.2, 0.25) is 11.5 Å². The minimum atomic E-state index is -4.06. The molecule has 0 aromatic heterocycles. The zero-order valence-corrected chi connectivity index (χ0v) is 24.0. The van der Waals surface area contributed by atoms with E-state index < -0.39 is 26.6 Å². The number of hydrogen-bond donors (Lipinski definition) is 0. The Labute approximate surface area is 229 Å². The molecule has 0 amide bonds. The smallest absolute Gasteiger partial charge is 0.282 e. The molecule has 0 saturated carbocycles. The highest BCUT2D eigenvalue weighted by Gasteiger charge is 2.35. The molecule has 202 valence electrons. The van der Waals surface area contributed by atoms with Crippen molar-refractivity contribution in [2.75, 3.05) is 0 Å². The van der Waals surface area contributed by atoms with Crippen LogP contribution in [0.4, 0.5) is 0 Å². The predicted molar refractivity (Wildman–Crippen MR) is 152 cm³/mol. The van der Waals surface area contributed by atoms with Crippen molar-refractivity contribution in [3.63, 3.8) is 0 Å². The Balaban J connectivity index is 1.79. The summed E-state index contributed by atoms with van der Waals surface area (Å²) in [6.07, 6.45) is 4.61. The van der Waals surface area contributed by atoms with Gasteiger partial charge in [-0.15, -0.1) is 0 Å². The Morgan fingerprint density at radius 3 is 1.79 bits per heavy atom. The predicted octanol–water partition coefficient (Wildman–Crippen LogP) is 6.15. The Morgan fingerprint density at radius 2 is 1.26 bits per heavy atom. The van der Waals surface area contributed by atoms with E-state index >= 15 is 0 Å². The fraction of sp³-hybridized carbons (Fsp3) is 0.290. The van der Waals surface area contributed by atoms with Crippen molar-refractivity contribution in [1.82, 2.24) is 0 Å². The minimum Gasteiger partial charge on any atom is -0.352 e. The van der Waals surface area contributed by atoms with Gasteiger partial charge in [-0.25, -0.2) is 0 Å². The number of hydrogen-bond acceptors (Lipinski definition) is 6. The Kier molecular flexibility index (Phi) is 7.21. The maximum atomic E-state index is 13.3. The van der Waals surface area contributed by atoms with E-state index in [0.29, 0.717) is 22.4 Å². The van der Waals surface area contributed by atoms with Crippen LogP contribution in [0.1, 0.15) is 63.0 Å². The third-order valence-corrected chi connectivity index (χ3v) is 7.72. The first kappa shape index (κ1) is 28.1. The molecule has 0 spiro atoms. The normalized spacial score (nSPS) is 17.4. The fourth-order valence-electron chi connectivity index (χ4n) is 4.22. The molecule has 2 aliphatic carbocycles. The molecule has 0 bridgehead atoms. The van der Waals surface area contributed by atoms with Crippen molar-refractivity contribution in [2.24, 2.45) is 20.4 Å². The van der Waals surface area contributed by atoms with Crippen LogP contribution < -0.4 is 0 Å². The fourth-order valence-corrected chi connectivity index (χ4v) is 5.22. The van der Waals surface area contributed by atoms with E-state index in [9.17, 15) is 18.0 Å². The van der Waals surface area contributed by atoms with Gasteiger partial charge >= 0.3 is 0 Å². The molecule has 8 heteroatoms. The summed E-state index contributed by atoms with van der Waals surface area (Å²) in [5.74, 6) is -0.674. The quantitative estimate of drug-likeness (QED) is 0.339. The van der Waals surface area contributed by atoms with E-state index in [-0.39, 0.29) is 27.7 Å². The molecule has 2 aliphatic rings. The first-order valence-corrected chi connectivity index (χ1v) is 14.0. The molecule has 0 atom stereocenters. The number of Topliss-reactive ketones (excluding diaryl/α,β-unsaturated/α-hetero) is 2. The molecule has 0 fully saturated rings. The molecule has 39 heavy (non-hydrogen) atoms. The molecule has 0 aliphatic heterocycles. The highest BCUT2D eigenvalue weighted by Crippen LogP contribution is 2.37. The van der Waals surface area contributed by atoms with Gasteiger partial charge in [0, 0.05) is 28.3 Å². The van der Waals surface area contributed by atoms with E-state index in [1.165, 1.54) is 18.2 Å². The number of rotatable bonds is 4. The zero-order valence-electron chi connectivity index (χ0n) is 23.2. The van der Waals surface area contributed by atoms with Crippen LogP contribution >= 0.6 is 0 Å². The van der Waals surface area contributed by atoms with Crippen molar-refractivity contribution in [3.05, 3.63) is 100 Å². The van der Waals surface area contributed by atoms with Crippen LogP contribution in [0.3, 0.4) is 0 Å². The monoisotopic (exact) mass is 544 g/mol. The van der Waals surface area contributed by atoms with E-state index in [1.807, 2.05) is 48.5 Å². The lowest BCUT2D eigenvalue weighted by Gasteiger charge is -2.30. The molecule has 0 N–H and O–H groups in total. The Morgan fingerprint density at radius 1 is 0.718 bits per heavy atom. The summed E-state index contributed by atoms with van der Waals surface area (Å²) in [6, 6.07) is 13.0. The van der Waals surface area contributed by atoms with Crippen LogP contribution in [0.25, 0.3) is 0 Å². The summed E-state index contributed by atoms with van der Waals surface area (Å²) in [5.41, 5.74) is 2.28. The largest absolute Gasteiger partial charge is 0.352 e. The summed E-state index contributed by atoms with van der Waals surface area (Å²) in [7, 11) is -4.06. The average molecular weight is 545 g/mol. The van der Waals surface area contributed by atoms with E-state index in [0.717, 1.165) is 5.56 Å².